The molecule has 29 heavy (non-hydrogen) atoms. The summed E-state index contributed by atoms with van der Waals surface area (Å²) in [6.07, 6.45) is 4.65. The minimum Gasteiger partial charge on any atom is -0.381 e. The van der Waals surface area contributed by atoms with Crippen LogP contribution in [0.1, 0.15) is 31.5 Å². The highest BCUT2D eigenvalue weighted by atomic mass is 32.2. The van der Waals surface area contributed by atoms with Crippen LogP contribution in [0.4, 0.5) is 5.82 Å². The summed E-state index contributed by atoms with van der Waals surface area (Å²) in [4.78, 5) is 10.9. The van der Waals surface area contributed by atoms with Crippen molar-refractivity contribution in [2.75, 3.05) is 12.8 Å². The number of hydrogen-bond acceptors (Lipinski definition) is 7. The van der Waals surface area contributed by atoms with E-state index in [-0.39, 0.29) is 10.9 Å². The Morgan fingerprint density at radius 2 is 1.93 bits per heavy atom. The molecule has 0 amide bonds. The van der Waals surface area contributed by atoms with Gasteiger partial charge in [0.2, 0.25) is 10.0 Å². The van der Waals surface area contributed by atoms with Gasteiger partial charge < -0.3 is 5.73 Å². The van der Waals surface area contributed by atoms with Crippen LogP contribution in [-0.4, -0.2) is 51.5 Å². The van der Waals surface area contributed by atoms with Gasteiger partial charge in [-0.1, -0.05) is 18.2 Å². The molecule has 6 rings (SSSR count). The molecule has 3 aromatic rings. The van der Waals surface area contributed by atoms with E-state index in [0.717, 1.165) is 18.5 Å². The van der Waals surface area contributed by atoms with Crippen molar-refractivity contribution >= 4 is 21.5 Å². The molecule has 9 nitrogen and oxygen atoms in total. The van der Waals surface area contributed by atoms with E-state index in [9.17, 15) is 8.42 Å². The number of sulfonamides is 1. The average Bonchev–Trinajstić information content (AvgIpc) is 3.10. The van der Waals surface area contributed by atoms with Gasteiger partial charge in [-0.2, -0.15) is 5.10 Å². The molecule has 1 aromatic carbocycles. The highest BCUT2D eigenvalue weighted by molar-refractivity contribution is 7.89. The zero-order valence-electron chi connectivity index (χ0n) is 16.2. The summed E-state index contributed by atoms with van der Waals surface area (Å²) in [5.74, 6) is 0.733. The fourth-order valence-corrected chi connectivity index (χ4v) is 6.44. The van der Waals surface area contributed by atoms with Gasteiger partial charge in [-0.15, -0.1) is 0 Å². The summed E-state index contributed by atoms with van der Waals surface area (Å²) in [6.45, 7) is 2.18. The molecule has 1 aliphatic carbocycles. The third-order valence-electron chi connectivity index (χ3n) is 6.54. The van der Waals surface area contributed by atoms with Gasteiger partial charge in [0.1, 0.15) is 6.33 Å². The summed E-state index contributed by atoms with van der Waals surface area (Å²) in [5, 5.41) is 4.33. The molecule has 3 aliphatic rings. The minimum atomic E-state index is -3.67. The zero-order chi connectivity index (χ0) is 20.4. The molecule has 2 aliphatic heterocycles. The number of anilines is 1. The number of nitrogens with two attached hydrogens (primary N) is 1. The zero-order valence-corrected chi connectivity index (χ0v) is 17.0. The van der Waals surface area contributed by atoms with Gasteiger partial charge in [-0.05, 0) is 44.9 Å². The van der Waals surface area contributed by atoms with Crippen molar-refractivity contribution in [3.8, 4) is 0 Å². The second-order valence-corrected chi connectivity index (χ2v) is 9.80. The Bertz CT molecular complexity index is 1170. The third-order valence-corrected chi connectivity index (χ3v) is 8.10. The molecule has 2 atom stereocenters. The Labute approximate surface area is 169 Å². The van der Waals surface area contributed by atoms with Crippen molar-refractivity contribution in [2.24, 2.45) is 5.92 Å². The highest BCUT2D eigenvalue weighted by Gasteiger charge is 2.61. The number of aromatic nitrogens is 4. The summed E-state index contributed by atoms with van der Waals surface area (Å²) in [7, 11) is -1.65. The van der Waals surface area contributed by atoms with Crippen LogP contribution < -0.4 is 10.5 Å². The molecule has 2 unspecified atom stereocenters. The lowest BCUT2D eigenvalue weighted by Gasteiger charge is -2.63. The van der Waals surface area contributed by atoms with E-state index in [1.54, 1.807) is 41.0 Å². The number of imidazole rings is 1. The molecule has 152 valence electrons. The average molecular weight is 414 g/mol. The molecule has 2 bridgehead atoms. The van der Waals surface area contributed by atoms with Gasteiger partial charge in [0.05, 0.1) is 28.4 Å². The van der Waals surface area contributed by atoms with E-state index >= 15 is 0 Å². The monoisotopic (exact) mass is 413 g/mol. The van der Waals surface area contributed by atoms with Crippen molar-refractivity contribution in [3.05, 3.63) is 48.5 Å². The summed E-state index contributed by atoms with van der Waals surface area (Å²) in [6, 6.07) is 8.57. The SMILES string of the molecule is CC1C2CC(NS(=O)(=O)c3ccccc3)(C2)C(c2cnc3c(N)ncnn23)N1C. The van der Waals surface area contributed by atoms with Gasteiger partial charge in [0.15, 0.2) is 11.5 Å². The van der Waals surface area contributed by atoms with Gasteiger partial charge in [-0.3, -0.25) is 4.90 Å². The predicted octanol–water partition coefficient (Wildman–Crippen LogP) is 1.21. The maximum absolute atomic E-state index is 13.2. The molecule has 10 heteroatoms. The van der Waals surface area contributed by atoms with Crippen LogP contribution in [0.2, 0.25) is 0 Å². The van der Waals surface area contributed by atoms with Crippen molar-refractivity contribution in [2.45, 2.75) is 42.3 Å². The Morgan fingerprint density at radius 1 is 1.21 bits per heavy atom. The molecule has 1 saturated carbocycles. The van der Waals surface area contributed by atoms with Crippen molar-refractivity contribution in [1.29, 1.82) is 0 Å². The van der Waals surface area contributed by atoms with E-state index in [1.165, 1.54) is 6.33 Å². The van der Waals surface area contributed by atoms with Crippen LogP contribution in [0.15, 0.2) is 47.8 Å². The van der Waals surface area contributed by atoms with Crippen molar-refractivity contribution in [3.63, 3.8) is 0 Å². The number of nitrogens with zero attached hydrogens (tertiary/aromatic N) is 5. The molecule has 4 heterocycles. The number of nitrogen functional groups attached to an aromatic ring is 1. The first-order valence-corrected chi connectivity index (χ1v) is 11.1. The lowest BCUT2D eigenvalue weighted by molar-refractivity contribution is -0.0909. The first-order valence-electron chi connectivity index (χ1n) is 9.57. The molecule has 3 fully saturated rings. The van der Waals surface area contributed by atoms with Crippen LogP contribution in [-0.2, 0) is 10.0 Å². The van der Waals surface area contributed by atoms with E-state index in [0.29, 0.717) is 23.4 Å². The van der Waals surface area contributed by atoms with Gasteiger partial charge >= 0.3 is 0 Å². The molecule has 0 radical (unpaired) electrons. The van der Waals surface area contributed by atoms with Crippen LogP contribution in [0.25, 0.3) is 5.65 Å². The number of nitrogens with one attached hydrogen (secondary N) is 1. The van der Waals surface area contributed by atoms with Gasteiger partial charge in [0, 0.05) is 6.04 Å². The Morgan fingerprint density at radius 3 is 2.66 bits per heavy atom. The smallest absolute Gasteiger partial charge is 0.241 e. The van der Waals surface area contributed by atoms with Crippen LogP contribution >= 0.6 is 0 Å². The Hall–Kier alpha value is -2.56. The van der Waals surface area contributed by atoms with Gasteiger partial charge in [-0.25, -0.2) is 27.6 Å². The first-order chi connectivity index (χ1) is 13.8. The number of fused-ring (bicyclic) bond motifs is 3. The van der Waals surface area contributed by atoms with E-state index in [2.05, 4.69) is 31.6 Å². The number of hydrogen-bond donors (Lipinski definition) is 2. The summed E-state index contributed by atoms with van der Waals surface area (Å²) in [5.41, 5.74) is 6.61. The Balaban J connectivity index is 1.61. The molecule has 3 N–H and O–H groups in total. The molecular formula is C19H23N7O2S. The standard InChI is InChI=1S/C19H23N7O2S/c1-12-13-8-19(9-13,24-29(27,28)14-6-4-3-5-7-14)16(25(12)2)15-10-21-18-17(20)22-11-23-26(15)18/h3-7,10-13,16,24H,8-9H2,1-2H3,(H2,20,22,23). The van der Waals surface area contributed by atoms with Crippen LogP contribution in [0.3, 0.4) is 0 Å². The quantitative estimate of drug-likeness (QED) is 0.660. The fourth-order valence-electron chi connectivity index (χ4n) is 4.99. The summed E-state index contributed by atoms with van der Waals surface area (Å²) < 4.78 is 31.0. The van der Waals surface area contributed by atoms with E-state index in [1.807, 2.05) is 7.05 Å². The molecule has 2 saturated heterocycles. The number of rotatable bonds is 4. The maximum atomic E-state index is 13.2. The second kappa shape index (κ2) is 6.22. The van der Waals surface area contributed by atoms with Crippen molar-refractivity contribution in [1.82, 2.24) is 29.2 Å². The van der Waals surface area contributed by atoms with E-state index < -0.39 is 15.6 Å². The number of likely N-dealkylation sites (N-methyl/N-ethyl adjacent to an activating group) is 1. The predicted molar refractivity (Wildman–Crippen MR) is 107 cm³/mol. The number of piperidine rings is 2. The second-order valence-electron chi connectivity index (χ2n) is 8.12. The highest BCUT2D eigenvalue weighted by Crippen LogP contribution is 2.56. The van der Waals surface area contributed by atoms with Crippen LogP contribution in [0.5, 0.6) is 0 Å². The molecule has 2 aromatic heterocycles. The van der Waals surface area contributed by atoms with E-state index in [4.69, 9.17) is 5.73 Å². The number of benzene rings is 1. The normalized spacial score (nSPS) is 29.7. The third kappa shape index (κ3) is 2.66. The lowest BCUT2D eigenvalue weighted by atomic mass is 9.57. The lowest BCUT2D eigenvalue weighted by Crippen LogP contribution is -2.71. The van der Waals surface area contributed by atoms with Crippen molar-refractivity contribution < 1.29 is 8.42 Å². The Kier molecular flexibility index (Phi) is 3.96. The minimum absolute atomic E-state index is 0.231. The summed E-state index contributed by atoms with van der Waals surface area (Å²) >= 11 is 0. The topological polar surface area (TPSA) is 119 Å². The molecular weight excluding hydrogens is 390 g/mol. The molecule has 0 spiro atoms. The van der Waals surface area contributed by atoms with Gasteiger partial charge in [0.25, 0.3) is 0 Å². The largest absolute Gasteiger partial charge is 0.381 e. The fraction of sp³-hybridized carbons (Fsp3) is 0.421. The maximum Gasteiger partial charge on any atom is 0.241 e. The van der Waals surface area contributed by atoms with Crippen LogP contribution in [0, 0.1) is 5.92 Å². The first kappa shape index (κ1) is 18.5.